The van der Waals surface area contributed by atoms with Crippen LogP contribution >= 0.6 is 0 Å². The van der Waals surface area contributed by atoms with Crippen molar-refractivity contribution in [3.63, 3.8) is 0 Å². The van der Waals surface area contributed by atoms with Gasteiger partial charge in [0.05, 0.1) is 18.3 Å². The first-order chi connectivity index (χ1) is 10.6. The summed E-state index contributed by atoms with van der Waals surface area (Å²) in [7, 11) is 0. The van der Waals surface area contributed by atoms with Gasteiger partial charge in [-0.2, -0.15) is 4.98 Å². The zero-order valence-electron chi connectivity index (χ0n) is 12.6. The minimum absolute atomic E-state index is 0.161. The number of nitrogens with two attached hydrogens (primary N) is 1. The lowest BCUT2D eigenvalue weighted by molar-refractivity contribution is 0.438. The summed E-state index contributed by atoms with van der Waals surface area (Å²) in [5.41, 5.74) is 7.79. The third kappa shape index (κ3) is 2.42. The Morgan fingerprint density at radius 3 is 2.73 bits per heavy atom. The number of aromatic nitrogens is 3. The summed E-state index contributed by atoms with van der Waals surface area (Å²) in [6.07, 6.45) is 0.680. The monoisotopic (exact) mass is 298 g/mol. The Morgan fingerprint density at radius 2 is 2.05 bits per heavy atom. The highest BCUT2D eigenvalue weighted by atomic mass is 16.5. The molecule has 0 aliphatic heterocycles. The molecule has 2 N–H and O–H groups in total. The molecule has 0 bridgehead atoms. The fraction of sp³-hybridized carbons (Fsp3) is 0.312. The van der Waals surface area contributed by atoms with Crippen LogP contribution in [0.4, 0.5) is 0 Å². The molecule has 0 radical (unpaired) electrons. The quantitative estimate of drug-likeness (QED) is 0.797. The minimum atomic E-state index is -0.328. The minimum Gasteiger partial charge on any atom is -0.335 e. The van der Waals surface area contributed by atoms with Crippen molar-refractivity contribution < 1.29 is 4.52 Å². The van der Waals surface area contributed by atoms with Crippen molar-refractivity contribution in [1.29, 1.82) is 0 Å². The molecule has 0 amide bonds. The molecule has 0 fully saturated rings. The molecule has 0 aliphatic carbocycles. The van der Waals surface area contributed by atoms with Crippen molar-refractivity contribution in [2.45, 2.75) is 32.9 Å². The second-order valence-corrected chi connectivity index (χ2v) is 5.31. The van der Waals surface area contributed by atoms with Gasteiger partial charge in [0.15, 0.2) is 0 Å². The molecule has 6 nitrogen and oxygen atoms in total. The van der Waals surface area contributed by atoms with E-state index in [9.17, 15) is 4.79 Å². The highest BCUT2D eigenvalue weighted by Gasteiger charge is 2.20. The molecular formula is C16H18N4O2. The molecule has 1 aromatic carbocycles. The van der Waals surface area contributed by atoms with E-state index in [0.717, 1.165) is 5.56 Å². The Balaban J connectivity index is 2.22. The molecule has 0 saturated carbocycles. The molecule has 114 valence electrons. The van der Waals surface area contributed by atoms with Crippen molar-refractivity contribution >= 4 is 11.1 Å². The lowest BCUT2D eigenvalue weighted by Crippen LogP contribution is -2.29. The molecule has 22 heavy (non-hydrogen) atoms. The van der Waals surface area contributed by atoms with Crippen LogP contribution in [0.5, 0.6) is 0 Å². The molecule has 3 rings (SSSR count). The molecule has 1 unspecified atom stereocenters. The van der Waals surface area contributed by atoms with Crippen LogP contribution in [0.2, 0.25) is 0 Å². The highest BCUT2D eigenvalue weighted by Crippen LogP contribution is 2.17. The van der Waals surface area contributed by atoms with Crippen LogP contribution < -0.4 is 11.3 Å². The first kappa shape index (κ1) is 14.5. The molecule has 0 saturated heterocycles. The predicted octanol–water partition coefficient (Wildman–Crippen LogP) is 2.15. The topological polar surface area (TPSA) is 86.9 Å². The second kappa shape index (κ2) is 5.73. The van der Waals surface area contributed by atoms with E-state index >= 15 is 0 Å². The first-order valence-electron chi connectivity index (χ1n) is 7.28. The summed E-state index contributed by atoms with van der Waals surface area (Å²) in [5, 5.41) is 4.26. The van der Waals surface area contributed by atoms with Gasteiger partial charge < -0.3 is 10.3 Å². The Kier molecular flexibility index (Phi) is 3.77. The number of fused-ring (bicyclic) bond motifs is 1. The summed E-state index contributed by atoms with van der Waals surface area (Å²) in [6.45, 7) is 4.12. The van der Waals surface area contributed by atoms with Gasteiger partial charge in [-0.25, -0.2) is 0 Å². The summed E-state index contributed by atoms with van der Waals surface area (Å²) in [4.78, 5) is 17.3. The Hall–Kier alpha value is -2.47. The van der Waals surface area contributed by atoms with E-state index in [1.165, 1.54) is 0 Å². The van der Waals surface area contributed by atoms with Crippen molar-refractivity contribution in [3.05, 3.63) is 57.8 Å². The molecule has 2 heterocycles. The maximum absolute atomic E-state index is 12.8. The van der Waals surface area contributed by atoms with Gasteiger partial charge in [-0.1, -0.05) is 42.4 Å². The Labute approximate surface area is 127 Å². The number of hydrogen-bond donors (Lipinski definition) is 1. The normalized spacial score (nSPS) is 12.7. The smallest absolute Gasteiger partial charge is 0.267 e. The lowest BCUT2D eigenvalue weighted by Gasteiger charge is -2.16. The summed E-state index contributed by atoms with van der Waals surface area (Å²) in [5.74, 6) is 0.528. The van der Waals surface area contributed by atoms with Crippen molar-refractivity contribution in [2.75, 3.05) is 0 Å². The van der Waals surface area contributed by atoms with Crippen LogP contribution in [0.1, 0.15) is 36.5 Å². The van der Waals surface area contributed by atoms with E-state index in [2.05, 4.69) is 10.1 Å². The highest BCUT2D eigenvalue weighted by molar-refractivity contribution is 5.74. The number of hydrogen-bond acceptors (Lipinski definition) is 5. The van der Waals surface area contributed by atoms with Crippen molar-refractivity contribution in [1.82, 2.24) is 14.7 Å². The van der Waals surface area contributed by atoms with E-state index < -0.39 is 0 Å². The van der Waals surface area contributed by atoms with Crippen LogP contribution in [0.15, 0.2) is 39.6 Å². The maximum Gasteiger partial charge on any atom is 0.267 e. The fourth-order valence-corrected chi connectivity index (χ4v) is 2.47. The van der Waals surface area contributed by atoms with Gasteiger partial charge in [-0.3, -0.25) is 9.36 Å². The Morgan fingerprint density at radius 1 is 1.32 bits per heavy atom. The van der Waals surface area contributed by atoms with E-state index in [-0.39, 0.29) is 17.3 Å². The van der Waals surface area contributed by atoms with Crippen LogP contribution in [0.25, 0.3) is 11.1 Å². The molecule has 0 aliphatic rings. The van der Waals surface area contributed by atoms with E-state index in [0.29, 0.717) is 29.9 Å². The summed E-state index contributed by atoms with van der Waals surface area (Å²) < 4.78 is 6.76. The van der Waals surface area contributed by atoms with E-state index in [1.807, 2.05) is 37.3 Å². The molecular weight excluding hydrogens is 280 g/mol. The van der Waals surface area contributed by atoms with Crippen LogP contribution in [-0.4, -0.2) is 14.7 Å². The number of nitrogens with zero attached hydrogens (tertiary/aromatic N) is 3. The third-order valence-electron chi connectivity index (χ3n) is 3.75. The Bertz CT molecular complexity index is 852. The van der Waals surface area contributed by atoms with Gasteiger partial charge in [0, 0.05) is 0 Å². The van der Waals surface area contributed by atoms with Crippen LogP contribution in [-0.2, 0) is 6.54 Å². The van der Waals surface area contributed by atoms with Gasteiger partial charge >= 0.3 is 0 Å². The second-order valence-electron chi connectivity index (χ2n) is 5.31. The average molecular weight is 298 g/mol. The number of rotatable bonds is 4. The lowest BCUT2D eigenvalue weighted by atomic mass is 10.2. The first-order valence-corrected chi connectivity index (χ1v) is 7.28. The summed E-state index contributed by atoms with van der Waals surface area (Å²) >= 11 is 0. The third-order valence-corrected chi connectivity index (χ3v) is 3.75. The zero-order valence-corrected chi connectivity index (χ0v) is 12.6. The predicted molar refractivity (Wildman–Crippen MR) is 83.6 cm³/mol. The summed E-state index contributed by atoms with van der Waals surface area (Å²) in [6, 6.07) is 9.44. The zero-order chi connectivity index (χ0) is 15.7. The number of aryl methyl sites for hydroxylation is 1. The largest absolute Gasteiger partial charge is 0.335 e. The molecule has 2 aromatic heterocycles. The van der Waals surface area contributed by atoms with Gasteiger partial charge in [0.2, 0.25) is 0 Å². The van der Waals surface area contributed by atoms with Crippen molar-refractivity contribution in [2.24, 2.45) is 5.73 Å². The van der Waals surface area contributed by atoms with Gasteiger partial charge in [-0.05, 0) is 18.9 Å². The number of benzene rings is 1. The molecule has 1 atom stereocenters. The van der Waals surface area contributed by atoms with E-state index in [4.69, 9.17) is 10.3 Å². The maximum atomic E-state index is 12.8. The fourth-order valence-electron chi connectivity index (χ4n) is 2.47. The molecule has 0 spiro atoms. The SMILES string of the molecule is CCC(N)c1nc2onc(C)c2c(=O)n1Cc1ccccc1. The molecule has 6 heteroatoms. The van der Waals surface area contributed by atoms with Gasteiger partial charge in [-0.15, -0.1) is 0 Å². The average Bonchev–Trinajstić information content (AvgIpc) is 2.91. The molecule has 3 aromatic rings. The van der Waals surface area contributed by atoms with Crippen LogP contribution in [0, 0.1) is 6.92 Å². The van der Waals surface area contributed by atoms with Gasteiger partial charge in [0.1, 0.15) is 11.2 Å². The van der Waals surface area contributed by atoms with E-state index in [1.54, 1.807) is 11.5 Å². The van der Waals surface area contributed by atoms with Gasteiger partial charge in [0.25, 0.3) is 11.3 Å². The van der Waals surface area contributed by atoms with Crippen molar-refractivity contribution in [3.8, 4) is 0 Å². The standard InChI is InChI=1S/C16H18N4O2/c1-3-12(17)14-18-15-13(10(2)19-22-15)16(21)20(14)9-11-7-5-4-6-8-11/h4-8,12H,3,9,17H2,1-2H3. The van der Waals surface area contributed by atoms with Crippen LogP contribution in [0.3, 0.4) is 0 Å².